The highest BCUT2D eigenvalue weighted by atomic mass is 19.1. The number of carbonyl (C=O) groups excluding carboxylic acids is 1. The van der Waals surface area contributed by atoms with E-state index in [1.54, 1.807) is 20.8 Å². The van der Waals surface area contributed by atoms with Crippen LogP contribution in [0, 0.1) is 25.5 Å². The van der Waals surface area contributed by atoms with Crippen LogP contribution in [0.5, 0.6) is 0 Å². The number of benzene rings is 1. The van der Waals surface area contributed by atoms with E-state index in [1.165, 1.54) is 6.07 Å². The molecule has 7 heteroatoms. The van der Waals surface area contributed by atoms with E-state index in [0.29, 0.717) is 17.1 Å². The Morgan fingerprint density at radius 2 is 2.04 bits per heavy atom. The van der Waals surface area contributed by atoms with E-state index in [0.717, 1.165) is 12.1 Å². The van der Waals surface area contributed by atoms with Crippen molar-refractivity contribution in [1.82, 2.24) is 15.3 Å². The third kappa shape index (κ3) is 4.24. The largest absolute Gasteiger partial charge is 0.349 e. The van der Waals surface area contributed by atoms with Crippen LogP contribution in [0.4, 0.5) is 8.78 Å². The van der Waals surface area contributed by atoms with Crippen LogP contribution >= 0.6 is 0 Å². The molecule has 0 aliphatic rings. The van der Waals surface area contributed by atoms with Crippen molar-refractivity contribution in [3.63, 3.8) is 0 Å². The first-order chi connectivity index (χ1) is 11.3. The molecule has 0 unspecified atom stereocenters. The van der Waals surface area contributed by atoms with Crippen LogP contribution in [0.25, 0.3) is 0 Å². The Morgan fingerprint density at radius 1 is 1.33 bits per heavy atom. The molecule has 0 aliphatic carbocycles. The van der Waals surface area contributed by atoms with Crippen LogP contribution in [0.3, 0.4) is 0 Å². The van der Waals surface area contributed by atoms with Gasteiger partial charge in [-0.2, -0.15) is 0 Å². The Hall–Kier alpha value is -2.57. The second kappa shape index (κ2) is 7.33. The molecule has 0 fully saturated rings. The van der Waals surface area contributed by atoms with Crippen molar-refractivity contribution in [2.24, 2.45) is 0 Å². The number of aryl methyl sites for hydroxylation is 2. The van der Waals surface area contributed by atoms with Gasteiger partial charge >= 0.3 is 0 Å². The van der Waals surface area contributed by atoms with Gasteiger partial charge in [0.25, 0.3) is 5.56 Å². The van der Waals surface area contributed by atoms with Gasteiger partial charge in [0.15, 0.2) is 0 Å². The van der Waals surface area contributed by atoms with Crippen molar-refractivity contribution in [2.45, 2.75) is 39.7 Å². The van der Waals surface area contributed by atoms with Crippen molar-refractivity contribution < 1.29 is 13.6 Å². The number of aromatic nitrogens is 2. The monoisotopic (exact) mass is 335 g/mol. The summed E-state index contributed by atoms with van der Waals surface area (Å²) >= 11 is 0. The summed E-state index contributed by atoms with van der Waals surface area (Å²) in [7, 11) is 0. The van der Waals surface area contributed by atoms with Gasteiger partial charge in [-0.15, -0.1) is 0 Å². The lowest BCUT2D eigenvalue weighted by Crippen LogP contribution is -2.28. The Balaban J connectivity index is 2.00. The summed E-state index contributed by atoms with van der Waals surface area (Å²) in [5, 5.41) is 2.64. The van der Waals surface area contributed by atoms with Crippen LogP contribution in [0.2, 0.25) is 0 Å². The predicted molar refractivity (Wildman–Crippen MR) is 85.6 cm³/mol. The number of hydrogen-bond donors (Lipinski definition) is 2. The molecule has 1 aromatic heterocycles. The summed E-state index contributed by atoms with van der Waals surface area (Å²) in [6.07, 6.45) is 0.306. The number of amides is 1. The van der Waals surface area contributed by atoms with Gasteiger partial charge in [-0.3, -0.25) is 9.59 Å². The SMILES string of the molecule is Cc1nc(C)c(CCC(=O)N[C@@H](C)c2ccc(F)cc2F)c(=O)[nH]1. The van der Waals surface area contributed by atoms with E-state index < -0.39 is 17.7 Å². The molecule has 1 aromatic carbocycles. The summed E-state index contributed by atoms with van der Waals surface area (Å²) in [4.78, 5) is 30.7. The van der Waals surface area contributed by atoms with Gasteiger partial charge in [0.2, 0.25) is 5.91 Å². The first-order valence-corrected chi connectivity index (χ1v) is 7.58. The predicted octanol–water partition coefficient (Wildman–Crippen LogP) is 2.47. The maximum atomic E-state index is 13.7. The normalized spacial score (nSPS) is 12.0. The average Bonchev–Trinajstić information content (AvgIpc) is 2.45. The molecule has 2 rings (SSSR count). The van der Waals surface area contributed by atoms with Gasteiger partial charge in [0.05, 0.1) is 6.04 Å². The number of aromatic amines is 1. The first kappa shape index (κ1) is 17.8. The molecule has 2 N–H and O–H groups in total. The van der Waals surface area contributed by atoms with Gasteiger partial charge < -0.3 is 10.3 Å². The lowest BCUT2D eigenvalue weighted by atomic mass is 10.1. The van der Waals surface area contributed by atoms with E-state index in [1.807, 2.05) is 0 Å². The molecule has 0 saturated carbocycles. The minimum absolute atomic E-state index is 0.0712. The maximum Gasteiger partial charge on any atom is 0.254 e. The quantitative estimate of drug-likeness (QED) is 0.881. The summed E-state index contributed by atoms with van der Waals surface area (Å²) in [6.45, 7) is 5.01. The number of carbonyl (C=O) groups is 1. The summed E-state index contributed by atoms with van der Waals surface area (Å²) < 4.78 is 26.6. The van der Waals surface area contributed by atoms with Crippen LogP contribution in [0.1, 0.15) is 42.0 Å². The molecule has 1 amide bonds. The zero-order chi connectivity index (χ0) is 17.9. The number of nitrogens with zero attached hydrogens (tertiary/aromatic N) is 1. The summed E-state index contributed by atoms with van der Waals surface area (Å²) in [5.41, 5.74) is 0.985. The number of halogens is 2. The van der Waals surface area contributed by atoms with Crippen molar-refractivity contribution in [2.75, 3.05) is 0 Å². The number of H-pyrrole nitrogens is 1. The highest BCUT2D eigenvalue weighted by Crippen LogP contribution is 2.17. The Morgan fingerprint density at radius 3 is 2.67 bits per heavy atom. The third-order valence-electron chi connectivity index (χ3n) is 3.75. The molecule has 0 saturated heterocycles. The van der Waals surface area contributed by atoms with E-state index in [-0.39, 0.29) is 29.9 Å². The number of nitrogens with one attached hydrogen (secondary N) is 2. The van der Waals surface area contributed by atoms with Crippen LogP contribution in [-0.4, -0.2) is 15.9 Å². The summed E-state index contributed by atoms with van der Waals surface area (Å²) in [6, 6.07) is 2.61. The second-order valence-electron chi connectivity index (χ2n) is 5.67. The molecule has 24 heavy (non-hydrogen) atoms. The van der Waals surface area contributed by atoms with Crippen LogP contribution in [0.15, 0.2) is 23.0 Å². The lowest BCUT2D eigenvalue weighted by molar-refractivity contribution is -0.121. The van der Waals surface area contributed by atoms with E-state index >= 15 is 0 Å². The van der Waals surface area contributed by atoms with Gasteiger partial charge in [-0.25, -0.2) is 13.8 Å². The molecular formula is C17H19F2N3O2. The molecule has 0 radical (unpaired) electrons. The molecule has 0 spiro atoms. The molecular weight excluding hydrogens is 316 g/mol. The Bertz CT molecular complexity index is 818. The minimum atomic E-state index is -0.710. The zero-order valence-electron chi connectivity index (χ0n) is 13.7. The van der Waals surface area contributed by atoms with Gasteiger partial charge in [-0.1, -0.05) is 6.07 Å². The lowest BCUT2D eigenvalue weighted by Gasteiger charge is -2.15. The molecule has 1 atom stereocenters. The fraction of sp³-hybridized carbons (Fsp3) is 0.353. The number of hydrogen-bond acceptors (Lipinski definition) is 3. The average molecular weight is 335 g/mol. The van der Waals surface area contributed by atoms with E-state index in [9.17, 15) is 18.4 Å². The molecule has 1 heterocycles. The molecule has 0 bridgehead atoms. The third-order valence-corrected chi connectivity index (χ3v) is 3.75. The molecule has 0 aliphatic heterocycles. The van der Waals surface area contributed by atoms with E-state index in [4.69, 9.17) is 0 Å². The van der Waals surface area contributed by atoms with Crippen molar-refractivity contribution in [3.05, 3.63) is 62.8 Å². The van der Waals surface area contributed by atoms with Crippen molar-refractivity contribution >= 4 is 5.91 Å². The molecule has 2 aromatic rings. The Labute approximate surface area is 138 Å². The highest BCUT2D eigenvalue weighted by Gasteiger charge is 2.15. The Kier molecular flexibility index (Phi) is 5.43. The molecule has 5 nitrogen and oxygen atoms in total. The summed E-state index contributed by atoms with van der Waals surface area (Å²) in [5.74, 6) is -1.19. The smallest absolute Gasteiger partial charge is 0.254 e. The van der Waals surface area contributed by atoms with Crippen molar-refractivity contribution in [3.8, 4) is 0 Å². The fourth-order valence-electron chi connectivity index (χ4n) is 2.53. The second-order valence-corrected chi connectivity index (χ2v) is 5.67. The first-order valence-electron chi connectivity index (χ1n) is 7.58. The standard InChI is InChI=1S/C17H19F2N3O2/c1-9(13-5-4-12(18)8-15(13)19)21-16(23)7-6-14-10(2)20-11(3)22-17(14)24/h4-5,8-9H,6-7H2,1-3H3,(H,21,23)(H,20,22,24)/t9-/m0/s1. The topological polar surface area (TPSA) is 74.8 Å². The van der Waals surface area contributed by atoms with Gasteiger partial charge in [0.1, 0.15) is 17.5 Å². The van der Waals surface area contributed by atoms with E-state index in [2.05, 4.69) is 15.3 Å². The van der Waals surface area contributed by atoms with Gasteiger partial charge in [-0.05, 0) is 33.3 Å². The molecule has 128 valence electrons. The van der Waals surface area contributed by atoms with Gasteiger partial charge in [0, 0.05) is 29.3 Å². The van der Waals surface area contributed by atoms with Crippen LogP contribution in [-0.2, 0) is 11.2 Å². The zero-order valence-corrected chi connectivity index (χ0v) is 13.7. The minimum Gasteiger partial charge on any atom is -0.349 e. The fourth-order valence-corrected chi connectivity index (χ4v) is 2.53. The highest BCUT2D eigenvalue weighted by molar-refractivity contribution is 5.76. The maximum absolute atomic E-state index is 13.7. The van der Waals surface area contributed by atoms with Crippen LogP contribution < -0.4 is 10.9 Å². The number of rotatable bonds is 5. The van der Waals surface area contributed by atoms with Crippen molar-refractivity contribution in [1.29, 1.82) is 0 Å².